The topological polar surface area (TPSA) is 159 Å². The zero-order chi connectivity index (χ0) is 40.4. The highest BCUT2D eigenvalue weighted by molar-refractivity contribution is 7.99. The molecule has 13 nitrogen and oxygen atoms in total. The van der Waals surface area contributed by atoms with Crippen LogP contribution >= 0.6 is 11.8 Å². The lowest BCUT2D eigenvalue weighted by atomic mass is 9.71. The number of fused-ring (bicyclic) bond motifs is 11. The Morgan fingerprint density at radius 1 is 1.16 bits per heavy atom. The van der Waals surface area contributed by atoms with Crippen LogP contribution in [0.3, 0.4) is 0 Å². The molecule has 1 unspecified atom stereocenters. The molecular formula is C44H45N5O8S. The molecule has 0 radical (unpaired) electrons. The summed E-state index contributed by atoms with van der Waals surface area (Å²) in [6, 6.07) is 8.27. The third kappa shape index (κ3) is 5.00. The summed E-state index contributed by atoms with van der Waals surface area (Å²) < 4.78 is 31.0. The van der Waals surface area contributed by atoms with Gasteiger partial charge in [-0.25, -0.2) is 4.79 Å². The number of ether oxygens (including phenoxy) is 5. The van der Waals surface area contributed by atoms with Crippen molar-refractivity contribution in [2.75, 3.05) is 39.4 Å². The molecule has 1 aromatic heterocycles. The molecule has 4 aromatic rings. The first-order valence-corrected chi connectivity index (χ1v) is 20.8. The Labute approximate surface area is 340 Å². The minimum absolute atomic E-state index is 0.0457. The Balaban J connectivity index is 1.26. The number of nitrogens with one attached hydrogen (secondary N) is 2. The number of methoxy groups -OCH3 is 1. The molecular weight excluding hydrogens is 759 g/mol. The molecule has 3 N–H and O–H groups in total. The van der Waals surface area contributed by atoms with Crippen LogP contribution in [0.4, 0.5) is 0 Å². The molecule has 58 heavy (non-hydrogen) atoms. The maximum Gasteiger partial charge on any atom is 0.333 e. The summed E-state index contributed by atoms with van der Waals surface area (Å²) in [6.07, 6.45) is 3.05. The van der Waals surface area contributed by atoms with Crippen molar-refractivity contribution in [3.05, 3.63) is 87.1 Å². The number of aryl methyl sites for hydroxylation is 2. The Bertz CT molecular complexity index is 2510. The van der Waals surface area contributed by atoms with E-state index in [1.54, 1.807) is 18.9 Å². The van der Waals surface area contributed by atoms with E-state index in [2.05, 4.69) is 63.9 Å². The summed E-state index contributed by atoms with van der Waals surface area (Å²) in [6.45, 7) is 12.2. The minimum Gasteiger partial charge on any atom is -0.504 e. The average Bonchev–Trinajstić information content (AvgIpc) is 3.84. The van der Waals surface area contributed by atoms with Gasteiger partial charge in [-0.15, -0.1) is 18.3 Å². The third-order valence-corrected chi connectivity index (χ3v) is 14.7. The van der Waals surface area contributed by atoms with E-state index in [-0.39, 0.29) is 30.9 Å². The molecule has 11 rings (SSSR count). The molecule has 7 aliphatic rings. The van der Waals surface area contributed by atoms with Crippen LogP contribution in [0.25, 0.3) is 10.9 Å². The number of aromatic amines is 1. The van der Waals surface area contributed by atoms with Crippen LogP contribution in [-0.2, 0) is 32.7 Å². The van der Waals surface area contributed by atoms with Gasteiger partial charge in [0.05, 0.1) is 36.2 Å². The predicted molar refractivity (Wildman–Crippen MR) is 215 cm³/mol. The van der Waals surface area contributed by atoms with Gasteiger partial charge in [0.2, 0.25) is 6.79 Å². The lowest BCUT2D eigenvalue weighted by Crippen LogP contribution is -2.70. The van der Waals surface area contributed by atoms with Gasteiger partial charge in [-0.1, -0.05) is 23.8 Å². The lowest BCUT2D eigenvalue weighted by Gasteiger charge is -2.62. The summed E-state index contributed by atoms with van der Waals surface area (Å²) in [5, 5.41) is 27.7. The first-order valence-electron chi connectivity index (χ1n) is 19.8. The van der Waals surface area contributed by atoms with Crippen LogP contribution in [0.2, 0.25) is 0 Å². The SMILES string of the molecule is C=CCN1[C@@H]2c3c(cc(C)c(OC)c3O)C[C@@H]1[C@H](C#N)N1C2[C@@H]2SC[C@]3(NCCc4c3[nH]c3ccc(C)cc43)C(=O)OC[C@H]1c1c3c(c(C)c(OC(C)=O)c12)OCO3. The fourth-order valence-corrected chi connectivity index (χ4v) is 12.7. The maximum atomic E-state index is 15.0. The van der Waals surface area contributed by atoms with Crippen LogP contribution in [0.5, 0.6) is 28.7 Å². The minimum atomic E-state index is -1.26. The van der Waals surface area contributed by atoms with Crippen molar-refractivity contribution in [1.29, 1.82) is 5.26 Å². The Morgan fingerprint density at radius 2 is 1.97 bits per heavy atom. The molecule has 2 saturated heterocycles. The van der Waals surface area contributed by atoms with E-state index in [0.717, 1.165) is 56.4 Å². The number of nitriles is 1. The number of H-pyrrole nitrogens is 1. The number of benzene rings is 3. The van der Waals surface area contributed by atoms with E-state index in [4.69, 9.17) is 23.7 Å². The number of carbonyl (C=O) groups excluding carboxylic acids is 2. The highest BCUT2D eigenvalue weighted by atomic mass is 32.2. The number of phenolic OH excluding ortho intramolecular Hbond substituents is 1. The highest BCUT2D eigenvalue weighted by Crippen LogP contribution is 2.65. The van der Waals surface area contributed by atoms with Gasteiger partial charge in [-0.05, 0) is 62.4 Å². The zero-order valence-corrected chi connectivity index (χ0v) is 33.9. The fourth-order valence-electron chi connectivity index (χ4n) is 11.0. The molecule has 14 heteroatoms. The molecule has 0 amide bonds. The number of phenols is 1. The third-order valence-electron chi connectivity index (χ3n) is 13.2. The Kier molecular flexibility index (Phi) is 8.58. The summed E-state index contributed by atoms with van der Waals surface area (Å²) in [5.41, 5.74) is 7.14. The summed E-state index contributed by atoms with van der Waals surface area (Å²) in [7, 11) is 1.55. The van der Waals surface area contributed by atoms with E-state index >= 15 is 0 Å². The average molecular weight is 804 g/mol. The van der Waals surface area contributed by atoms with Gasteiger partial charge in [-0.2, -0.15) is 5.26 Å². The number of aromatic hydroxyl groups is 1. The van der Waals surface area contributed by atoms with Crippen LogP contribution < -0.4 is 24.3 Å². The number of thioether (sulfide) groups is 1. The summed E-state index contributed by atoms with van der Waals surface area (Å²) >= 11 is 1.55. The number of carbonyl (C=O) groups is 2. The predicted octanol–water partition coefficient (Wildman–Crippen LogP) is 5.62. The van der Waals surface area contributed by atoms with Crippen molar-refractivity contribution in [3.8, 4) is 34.8 Å². The summed E-state index contributed by atoms with van der Waals surface area (Å²) in [5.74, 6) is 1.06. The van der Waals surface area contributed by atoms with Crippen molar-refractivity contribution in [1.82, 2.24) is 20.1 Å². The number of hydrogen-bond donors (Lipinski definition) is 3. The second-order valence-corrected chi connectivity index (χ2v) is 17.4. The number of rotatable bonds is 4. The van der Waals surface area contributed by atoms with Gasteiger partial charge >= 0.3 is 11.9 Å². The molecule has 7 aliphatic heterocycles. The molecule has 4 bridgehead atoms. The molecule has 0 aliphatic carbocycles. The number of esters is 2. The van der Waals surface area contributed by atoms with E-state index in [0.29, 0.717) is 53.6 Å². The Morgan fingerprint density at radius 3 is 2.72 bits per heavy atom. The second-order valence-electron chi connectivity index (χ2n) is 16.3. The molecule has 1 spiro atoms. The van der Waals surface area contributed by atoms with Gasteiger partial charge in [-0.3, -0.25) is 19.9 Å². The second kappa shape index (κ2) is 13.4. The maximum absolute atomic E-state index is 15.0. The largest absolute Gasteiger partial charge is 0.504 e. The first-order chi connectivity index (χ1) is 28.0. The van der Waals surface area contributed by atoms with Gasteiger partial charge in [0.15, 0.2) is 28.5 Å². The normalized spacial score (nSPS) is 28.2. The zero-order valence-electron chi connectivity index (χ0n) is 33.1. The van der Waals surface area contributed by atoms with Crippen molar-refractivity contribution in [3.63, 3.8) is 0 Å². The number of aromatic nitrogens is 1. The standard InChI is InChI=1S/C44H45N5O8S/c1-7-12-48-28-15-24-14-21(3)37(53-6)36(51)31(24)34(48)35-41-33-32(40-39(55-19-56-40)22(4)38(33)57-23(5)50)30(49(35)29(28)16-45)17-54-43(52)44(18-58-41)42-25(10-11-46-44)26-13-20(2)8-9-27(26)47-42/h7-9,13-14,28-30,34-35,41,46-47,51H,1,10-12,15,17-19H2,2-6H3/t28-,29+,30+,34-,35?,41-,44-/m1/s1. The van der Waals surface area contributed by atoms with E-state index in [9.17, 15) is 20.0 Å². The van der Waals surface area contributed by atoms with Crippen LogP contribution in [0, 0.1) is 32.1 Å². The molecule has 0 saturated carbocycles. The van der Waals surface area contributed by atoms with Crippen LogP contribution in [-0.4, -0.2) is 89.3 Å². The molecule has 300 valence electrons. The summed E-state index contributed by atoms with van der Waals surface area (Å²) in [4.78, 5) is 36.1. The Hall–Kier alpha value is -5.20. The number of piperazine rings is 1. The monoisotopic (exact) mass is 803 g/mol. The van der Waals surface area contributed by atoms with Crippen molar-refractivity contribution in [2.24, 2.45) is 0 Å². The molecule has 2 fully saturated rings. The highest BCUT2D eigenvalue weighted by Gasteiger charge is 2.62. The quantitative estimate of drug-likeness (QED) is 0.133. The van der Waals surface area contributed by atoms with Crippen molar-refractivity contribution < 1.29 is 38.4 Å². The number of hydrogen-bond acceptors (Lipinski definition) is 13. The smallest absolute Gasteiger partial charge is 0.333 e. The van der Waals surface area contributed by atoms with E-state index in [1.165, 1.54) is 6.92 Å². The molecule has 8 heterocycles. The van der Waals surface area contributed by atoms with Crippen LogP contribution in [0.15, 0.2) is 36.9 Å². The van der Waals surface area contributed by atoms with Gasteiger partial charge in [0.1, 0.15) is 18.4 Å². The first kappa shape index (κ1) is 37.1. The fraction of sp³-hybridized carbons (Fsp3) is 0.432. The van der Waals surface area contributed by atoms with E-state index in [1.807, 2.05) is 19.9 Å². The van der Waals surface area contributed by atoms with Gasteiger partial charge < -0.3 is 33.8 Å². The van der Waals surface area contributed by atoms with Crippen molar-refractivity contribution >= 4 is 34.6 Å². The molecule has 7 atom stereocenters. The number of nitrogens with zero attached hydrogens (tertiary/aromatic N) is 3. The van der Waals surface area contributed by atoms with Gasteiger partial charge in [0, 0.05) is 71.0 Å². The van der Waals surface area contributed by atoms with E-state index < -0.39 is 46.9 Å². The van der Waals surface area contributed by atoms with Gasteiger partial charge in [0.25, 0.3) is 0 Å². The van der Waals surface area contributed by atoms with Crippen LogP contribution in [0.1, 0.15) is 74.5 Å². The van der Waals surface area contributed by atoms with Crippen molar-refractivity contribution in [2.45, 2.75) is 81.5 Å². The lowest BCUT2D eigenvalue weighted by molar-refractivity contribution is -0.157. The molecule has 3 aromatic carbocycles.